The van der Waals surface area contributed by atoms with Crippen LogP contribution in [0.4, 0.5) is 4.39 Å². The first-order chi connectivity index (χ1) is 15.5. The molecule has 0 N–H and O–H groups in total. The number of carbonyl (C=O) groups is 1. The van der Waals surface area contributed by atoms with Crippen molar-refractivity contribution in [2.75, 3.05) is 6.54 Å². The lowest BCUT2D eigenvalue weighted by atomic mass is 10.0. The van der Waals surface area contributed by atoms with Crippen molar-refractivity contribution < 1.29 is 18.1 Å². The van der Waals surface area contributed by atoms with Crippen molar-refractivity contribution in [2.24, 2.45) is 0 Å². The first kappa shape index (κ1) is 19.9. The van der Waals surface area contributed by atoms with Gasteiger partial charge in [-0.15, -0.1) is 0 Å². The van der Waals surface area contributed by atoms with Crippen LogP contribution in [0.2, 0.25) is 0 Å². The molecule has 0 radical (unpaired) electrons. The van der Waals surface area contributed by atoms with E-state index in [4.69, 9.17) is 8.94 Å². The minimum atomic E-state index is -0.336. The Balaban J connectivity index is 1.38. The fraction of sp³-hybridized carbons (Fsp3) is 0.160. The zero-order valence-corrected chi connectivity index (χ0v) is 17.3. The van der Waals surface area contributed by atoms with Crippen molar-refractivity contribution in [3.05, 3.63) is 93.2 Å². The summed E-state index contributed by atoms with van der Waals surface area (Å²) >= 11 is 0. The highest BCUT2D eigenvalue weighted by Crippen LogP contribution is 2.30. The molecule has 3 heterocycles. The molecule has 1 aliphatic heterocycles. The van der Waals surface area contributed by atoms with Gasteiger partial charge in [-0.25, -0.2) is 4.39 Å². The molecular weight excluding hydrogens is 411 g/mol. The van der Waals surface area contributed by atoms with Gasteiger partial charge in [0, 0.05) is 30.2 Å². The summed E-state index contributed by atoms with van der Waals surface area (Å²) in [4.78, 5) is 27.2. The molecular formula is C25H19FN2O4. The van der Waals surface area contributed by atoms with E-state index in [0.717, 1.165) is 16.8 Å². The quantitative estimate of drug-likeness (QED) is 0.448. The Hall–Kier alpha value is -4.00. The molecule has 32 heavy (non-hydrogen) atoms. The third-order valence-corrected chi connectivity index (χ3v) is 5.62. The van der Waals surface area contributed by atoms with Crippen LogP contribution >= 0.6 is 0 Å². The van der Waals surface area contributed by atoms with Gasteiger partial charge in [0.1, 0.15) is 17.7 Å². The van der Waals surface area contributed by atoms with Crippen LogP contribution in [0.5, 0.6) is 0 Å². The number of hydrogen-bond acceptors (Lipinski definition) is 5. The lowest BCUT2D eigenvalue weighted by molar-refractivity contribution is -0.126. The lowest BCUT2D eigenvalue weighted by Crippen LogP contribution is -2.34. The monoisotopic (exact) mass is 430 g/mol. The molecule has 6 nitrogen and oxygen atoms in total. The van der Waals surface area contributed by atoms with Crippen LogP contribution in [0.1, 0.15) is 22.4 Å². The van der Waals surface area contributed by atoms with E-state index in [1.54, 1.807) is 29.2 Å². The maximum atomic E-state index is 13.3. The molecule has 4 aromatic rings. The molecule has 0 saturated heterocycles. The zero-order chi connectivity index (χ0) is 22.2. The second kappa shape index (κ2) is 7.92. The molecule has 2 aromatic heterocycles. The van der Waals surface area contributed by atoms with Crippen LogP contribution in [-0.4, -0.2) is 22.5 Å². The summed E-state index contributed by atoms with van der Waals surface area (Å²) in [5.74, 6) is -0.0323. The first-order valence-electron chi connectivity index (χ1n) is 10.2. The van der Waals surface area contributed by atoms with Gasteiger partial charge in [-0.05, 0) is 49.4 Å². The number of aromatic nitrogens is 1. The Morgan fingerprint density at radius 2 is 2.00 bits per heavy atom. The van der Waals surface area contributed by atoms with Crippen LogP contribution in [0.15, 0.2) is 68.5 Å². The van der Waals surface area contributed by atoms with E-state index >= 15 is 0 Å². The van der Waals surface area contributed by atoms with Gasteiger partial charge in [0.15, 0.2) is 11.2 Å². The minimum absolute atomic E-state index is 0.183. The first-order valence-corrected chi connectivity index (χ1v) is 10.2. The van der Waals surface area contributed by atoms with Crippen molar-refractivity contribution in [3.63, 3.8) is 0 Å². The van der Waals surface area contributed by atoms with E-state index in [-0.39, 0.29) is 17.2 Å². The minimum Gasteiger partial charge on any atom is -0.463 e. The van der Waals surface area contributed by atoms with Gasteiger partial charge in [0.2, 0.25) is 5.91 Å². The maximum absolute atomic E-state index is 13.3. The normalized spacial score (nSPS) is 13.6. The number of carbonyl (C=O) groups excluding carboxylic acids is 1. The molecule has 0 bridgehead atoms. The highest BCUT2D eigenvalue weighted by Gasteiger charge is 2.26. The molecule has 5 rings (SSSR count). The van der Waals surface area contributed by atoms with Gasteiger partial charge in [0.25, 0.3) is 0 Å². The van der Waals surface area contributed by atoms with Crippen molar-refractivity contribution in [2.45, 2.75) is 19.9 Å². The summed E-state index contributed by atoms with van der Waals surface area (Å²) in [5.41, 5.74) is 3.90. The molecule has 0 fully saturated rings. The SMILES string of the molecule is Cc1ccc2occ(/C=C/C(=O)N3CCc4noc(-c5ccc(F)cc5)c4C3)c(=O)c2c1. The Morgan fingerprint density at radius 1 is 1.19 bits per heavy atom. The Morgan fingerprint density at radius 3 is 2.81 bits per heavy atom. The Labute approximate surface area is 182 Å². The number of benzene rings is 2. The van der Waals surface area contributed by atoms with Crippen LogP contribution in [0, 0.1) is 12.7 Å². The van der Waals surface area contributed by atoms with Gasteiger partial charge in [-0.3, -0.25) is 9.59 Å². The van der Waals surface area contributed by atoms with Gasteiger partial charge in [-0.2, -0.15) is 0 Å². The molecule has 7 heteroatoms. The number of hydrogen-bond donors (Lipinski definition) is 0. The summed E-state index contributed by atoms with van der Waals surface area (Å²) in [6, 6.07) is 11.4. The van der Waals surface area contributed by atoms with E-state index in [2.05, 4.69) is 5.16 Å². The smallest absolute Gasteiger partial charge is 0.246 e. The molecule has 1 amide bonds. The summed E-state index contributed by atoms with van der Waals surface area (Å²) in [7, 11) is 0. The predicted molar refractivity (Wildman–Crippen MR) is 117 cm³/mol. The number of nitrogens with zero attached hydrogens (tertiary/aromatic N) is 2. The van der Waals surface area contributed by atoms with E-state index < -0.39 is 0 Å². The van der Waals surface area contributed by atoms with Crippen molar-refractivity contribution in [3.8, 4) is 11.3 Å². The number of fused-ring (bicyclic) bond motifs is 2. The topological polar surface area (TPSA) is 76.6 Å². The predicted octanol–water partition coefficient (Wildman–Crippen LogP) is 4.49. The van der Waals surface area contributed by atoms with E-state index in [9.17, 15) is 14.0 Å². The summed E-state index contributed by atoms with van der Waals surface area (Å²) in [5, 5.41) is 4.59. The van der Waals surface area contributed by atoms with Gasteiger partial charge >= 0.3 is 0 Å². The van der Waals surface area contributed by atoms with E-state index in [0.29, 0.717) is 47.4 Å². The Bertz CT molecular complexity index is 1420. The molecule has 0 aliphatic carbocycles. The molecule has 0 spiro atoms. The summed E-state index contributed by atoms with van der Waals surface area (Å²) in [6.07, 6.45) is 4.78. The standard InChI is InChI=1S/C25H19FN2O4/c1-15-2-8-22-19(12-15)24(30)17(14-31-22)5-9-23(29)28-11-10-21-20(13-28)25(32-27-21)16-3-6-18(26)7-4-16/h2-9,12,14H,10-11,13H2,1H3/b9-5+. The third kappa shape index (κ3) is 3.62. The van der Waals surface area contributed by atoms with Crippen LogP contribution < -0.4 is 5.43 Å². The largest absolute Gasteiger partial charge is 0.463 e. The molecule has 160 valence electrons. The van der Waals surface area contributed by atoms with Crippen LogP contribution in [0.3, 0.4) is 0 Å². The van der Waals surface area contributed by atoms with Crippen LogP contribution in [-0.2, 0) is 17.8 Å². The van der Waals surface area contributed by atoms with Crippen molar-refractivity contribution >= 4 is 23.0 Å². The third-order valence-electron chi connectivity index (χ3n) is 5.62. The van der Waals surface area contributed by atoms with Crippen molar-refractivity contribution in [1.29, 1.82) is 0 Å². The fourth-order valence-corrected chi connectivity index (χ4v) is 3.87. The molecule has 1 aliphatic rings. The average Bonchev–Trinajstić information content (AvgIpc) is 3.22. The number of aryl methyl sites for hydroxylation is 1. The molecule has 0 atom stereocenters. The molecule has 2 aromatic carbocycles. The number of rotatable bonds is 3. The highest BCUT2D eigenvalue weighted by atomic mass is 19.1. The number of amides is 1. The lowest BCUT2D eigenvalue weighted by Gasteiger charge is -2.25. The summed E-state index contributed by atoms with van der Waals surface area (Å²) in [6.45, 7) is 2.71. The molecule has 0 saturated carbocycles. The second-order valence-electron chi connectivity index (χ2n) is 7.81. The molecule has 0 unspecified atom stereocenters. The highest BCUT2D eigenvalue weighted by molar-refractivity contribution is 5.92. The van der Waals surface area contributed by atoms with E-state index in [1.807, 2.05) is 13.0 Å². The second-order valence-corrected chi connectivity index (χ2v) is 7.81. The van der Waals surface area contributed by atoms with Crippen LogP contribution in [0.25, 0.3) is 28.4 Å². The average molecular weight is 430 g/mol. The van der Waals surface area contributed by atoms with E-state index in [1.165, 1.54) is 30.5 Å². The Kier molecular flexibility index (Phi) is 4.93. The van der Waals surface area contributed by atoms with Crippen molar-refractivity contribution in [1.82, 2.24) is 10.1 Å². The fourth-order valence-electron chi connectivity index (χ4n) is 3.87. The number of halogens is 1. The maximum Gasteiger partial charge on any atom is 0.246 e. The van der Waals surface area contributed by atoms with Gasteiger partial charge < -0.3 is 13.8 Å². The zero-order valence-electron chi connectivity index (χ0n) is 17.3. The van der Waals surface area contributed by atoms with Gasteiger partial charge in [0.05, 0.1) is 23.2 Å². The van der Waals surface area contributed by atoms with Gasteiger partial charge in [-0.1, -0.05) is 16.8 Å². The summed E-state index contributed by atoms with van der Waals surface area (Å²) < 4.78 is 24.3.